The van der Waals surface area contributed by atoms with Crippen LogP contribution in [0.5, 0.6) is 0 Å². The van der Waals surface area contributed by atoms with E-state index in [9.17, 15) is 10.1 Å². The van der Waals surface area contributed by atoms with Crippen molar-refractivity contribution in [1.29, 1.82) is 0 Å². The van der Waals surface area contributed by atoms with Crippen LogP contribution in [0.25, 0.3) is 0 Å². The van der Waals surface area contributed by atoms with E-state index in [1.165, 1.54) is 38.8 Å². The van der Waals surface area contributed by atoms with Crippen molar-refractivity contribution >= 4 is 11.4 Å². The molecule has 0 spiro atoms. The predicted octanol–water partition coefficient (Wildman–Crippen LogP) is 3.26. The minimum Gasteiger partial charge on any atom is -0.383 e. The molecule has 0 aromatic heterocycles. The number of nitro benzene ring substituents is 1. The Morgan fingerprint density at radius 3 is 2.33 bits per heavy atom. The Balaban J connectivity index is 1.69. The van der Waals surface area contributed by atoms with E-state index in [0.29, 0.717) is 5.69 Å². The minimum atomic E-state index is -0.332. The second-order valence-corrected chi connectivity index (χ2v) is 6.44. The molecule has 0 heterocycles. The van der Waals surface area contributed by atoms with E-state index in [2.05, 4.69) is 10.2 Å². The lowest BCUT2D eigenvalue weighted by Crippen LogP contribution is -2.27. The van der Waals surface area contributed by atoms with E-state index in [1.54, 1.807) is 13.1 Å². The van der Waals surface area contributed by atoms with Gasteiger partial charge in [-0.15, -0.1) is 0 Å². The molecule has 0 unspecified atom stereocenters. The highest BCUT2D eigenvalue weighted by Crippen LogP contribution is 2.34. The molecule has 5 heteroatoms. The van der Waals surface area contributed by atoms with E-state index >= 15 is 0 Å². The molecule has 2 fully saturated rings. The zero-order valence-electron chi connectivity index (χ0n) is 12.5. The molecule has 2 aliphatic rings. The van der Waals surface area contributed by atoms with Gasteiger partial charge in [-0.25, -0.2) is 0 Å². The number of nitro groups is 1. The van der Waals surface area contributed by atoms with E-state index in [-0.39, 0.29) is 10.6 Å². The third kappa shape index (κ3) is 3.94. The Labute approximate surface area is 125 Å². The Kier molecular flexibility index (Phi) is 4.10. The van der Waals surface area contributed by atoms with Crippen LogP contribution in [-0.4, -0.2) is 30.0 Å². The molecule has 5 nitrogen and oxygen atoms in total. The number of hydrogen-bond donors (Lipinski definition) is 1. The van der Waals surface area contributed by atoms with Crippen LogP contribution < -0.4 is 5.32 Å². The fraction of sp³-hybridized carbons (Fsp3) is 0.625. The standard InChI is InChI=1S/C16H23N3O2/c1-17-15-8-14(6-7-16(15)19(20)21)11-18(9-12-2-3-12)10-13-4-5-13/h6-8,12-13,17H,2-5,9-11H2,1H3. The van der Waals surface area contributed by atoms with Crippen molar-refractivity contribution in [3.63, 3.8) is 0 Å². The Hall–Kier alpha value is -1.62. The molecule has 2 aliphatic carbocycles. The van der Waals surface area contributed by atoms with Crippen LogP contribution in [0.4, 0.5) is 11.4 Å². The van der Waals surface area contributed by atoms with Crippen molar-refractivity contribution in [2.24, 2.45) is 11.8 Å². The highest BCUT2D eigenvalue weighted by Gasteiger charge is 2.29. The number of nitrogens with one attached hydrogen (secondary N) is 1. The first-order valence-corrected chi connectivity index (χ1v) is 7.83. The van der Waals surface area contributed by atoms with E-state index in [1.807, 2.05) is 12.1 Å². The lowest BCUT2D eigenvalue weighted by Gasteiger charge is -2.22. The van der Waals surface area contributed by atoms with Crippen molar-refractivity contribution in [1.82, 2.24) is 4.90 Å². The summed E-state index contributed by atoms with van der Waals surface area (Å²) in [6, 6.07) is 5.43. The summed E-state index contributed by atoms with van der Waals surface area (Å²) >= 11 is 0. The van der Waals surface area contributed by atoms with Crippen molar-refractivity contribution in [2.45, 2.75) is 32.2 Å². The fourth-order valence-electron chi connectivity index (χ4n) is 2.83. The zero-order chi connectivity index (χ0) is 14.8. The average molecular weight is 289 g/mol. The highest BCUT2D eigenvalue weighted by molar-refractivity contribution is 5.62. The number of hydrogen-bond acceptors (Lipinski definition) is 4. The first-order chi connectivity index (χ1) is 10.2. The summed E-state index contributed by atoms with van der Waals surface area (Å²) < 4.78 is 0. The summed E-state index contributed by atoms with van der Waals surface area (Å²) in [6.45, 7) is 3.27. The molecule has 1 N–H and O–H groups in total. The molecule has 1 aromatic carbocycles. The number of anilines is 1. The molecule has 114 valence electrons. The average Bonchev–Trinajstić information content (AvgIpc) is 3.34. The largest absolute Gasteiger partial charge is 0.383 e. The fourth-order valence-corrected chi connectivity index (χ4v) is 2.83. The number of rotatable bonds is 8. The van der Waals surface area contributed by atoms with Gasteiger partial charge in [-0.3, -0.25) is 15.0 Å². The van der Waals surface area contributed by atoms with Gasteiger partial charge in [0.05, 0.1) is 4.92 Å². The molecule has 0 radical (unpaired) electrons. The molecule has 1 aromatic rings. The molecular formula is C16H23N3O2. The lowest BCUT2D eigenvalue weighted by molar-refractivity contribution is -0.384. The van der Waals surface area contributed by atoms with Gasteiger partial charge in [0.25, 0.3) is 5.69 Å². The van der Waals surface area contributed by atoms with Crippen molar-refractivity contribution in [2.75, 3.05) is 25.5 Å². The van der Waals surface area contributed by atoms with Crippen molar-refractivity contribution < 1.29 is 4.92 Å². The van der Waals surface area contributed by atoms with Gasteiger partial charge >= 0.3 is 0 Å². The van der Waals surface area contributed by atoms with E-state index in [0.717, 1.165) is 23.9 Å². The summed E-state index contributed by atoms with van der Waals surface area (Å²) in [5, 5.41) is 13.9. The summed E-state index contributed by atoms with van der Waals surface area (Å²) in [4.78, 5) is 13.2. The van der Waals surface area contributed by atoms with Crippen molar-refractivity contribution in [3.05, 3.63) is 33.9 Å². The maximum absolute atomic E-state index is 11.0. The lowest BCUT2D eigenvalue weighted by atomic mass is 10.1. The van der Waals surface area contributed by atoms with Crippen LogP contribution in [0, 0.1) is 22.0 Å². The monoisotopic (exact) mass is 289 g/mol. The first kappa shape index (κ1) is 14.3. The maximum atomic E-state index is 11.0. The summed E-state index contributed by atoms with van der Waals surface area (Å²) in [6.07, 6.45) is 5.46. The van der Waals surface area contributed by atoms with Crippen LogP contribution >= 0.6 is 0 Å². The summed E-state index contributed by atoms with van der Waals surface area (Å²) in [5.74, 6) is 1.76. The Morgan fingerprint density at radius 1 is 1.24 bits per heavy atom. The SMILES string of the molecule is CNc1cc(CN(CC2CC2)CC2CC2)ccc1[N+](=O)[O-]. The van der Waals surface area contributed by atoms with Crippen LogP contribution in [0.15, 0.2) is 18.2 Å². The highest BCUT2D eigenvalue weighted by atomic mass is 16.6. The molecule has 0 atom stereocenters. The molecule has 3 rings (SSSR count). The third-order valence-corrected chi connectivity index (χ3v) is 4.36. The van der Waals surface area contributed by atoms with Gasteiger partial charge in [0.2, 0.25) is 0 Å². The van der Waals surface area contributed by atoms with E-state index in [4.69, 9.17) is 0 Å². The third-order valence-electron chi connectivity index (χ3n) is 4.36. The van der Waals surface area contributed by atoms with Crippen LogP contribution in [0.2, 0.25) is 0 Å². The zero-order valence-corrected chi connectivity index (χ0v) is 12.5. The number of nitrogens with zero attached hydrogens (tertiary/aromatic N) is 2. The molecule has 0 saturated heterocycles. The Bertz CT molecular complexity index is 510. The summed E-state index contributed by atoms with van der Waals surface area (Å²) in [7, 11) is 1.73. The van der Waals surface area contributed by atoms with Gasteiger partial charge < -0.3 is 5.32 Å². The van der Waals surface area contributed by atoms with Crippen LogP contribution in [0.3, 0.4) is 0 Å². The molecule has 0 bridgehead atoms. The van der Waals surface area contributed by atoms with Gasteiger partial charge in [0.1, 0.15) is 5.69 Å². The van der Waals surface area contributed by atoms with Crippen LogP contribution in [0.1, 0.15) is 31.2 Å². The maximum Gasteiger partial charge on any atom is 0.292 e. The Morgan fingerprint density at radius 2 is 1.86 bits per heavy atom. The molecule has 0 aliphatic heterocycles. The quantitative estimate of drug-likeness (QED) is 0.589. The van der Waals surface area contributed by atoms with Gasteiger partial charge in [-0.05, 0) is 49.1 Å². The molecule has 0 amide bonds. The normalized spacial score (nSPS) is 18.0. The van der Waals surface area contributed by atoms with Gasteiger partial charge in [-0.2, -0.15) is 0 Å². The molecule has 2 saturated carbocycles. The van der Waals surface area contributed by atoms with E-state index < -0.39 is 0 Å². The minimum absolute atomic E-state index is 0.150. The smallest absolute Gasteiger partial charge is 0.292 e. The van der Waals surface area contributed by atoms with Gasteiger partial charge in [0.15, 0.2) is 0 Å². The topological polar surface area (TPSA) is 58.4 Å². The van der Waals surface area contributed by atoms with Gasteiger partial charge in [0, 0.05) is 32.7 Å². The summed E-state index contributed by atoms with van der Waals surface area (Å²) in [5.41, 5.74) is 1.92. The van der Waals surface area contributed by atoms with Gasteiger partial charge in [-0.1, -0.05) is 6.07 Å². The second-order valence-electron chi connectivity index (χ2n) is 6.44. The number of benzene rings is 1. The first-order valence-electron chi connectivity index (χ1n) is 7.83. The van der Waals surface area contributed by atoms with Crippen LogP contribution in [-0.2, 0) is 6.54 Å². The predicted molar refractivity (Wildman–Crippen MR) is 83.4 cm³/mol. The molecule has 21 heavy (non-hydrogen) atoms. The van der Waals surface area contributed by atoms with Crippen molar-refractivity contribution in [3.8, 4) is 0 Å². The molecular weight excluding hydrogens is 266 g/mol. The second kappa shape index (κ2) is 6.02.